The molecular formula is C15H17NO4. The number of carbonyl (C=O) groups is 1. The van der Waals surface area contributed by atoms with E-state index in [1.54, 1.807) is 39.4 Å². The molecule has 0 unspecified atom stereocenters. The molecule has 5 heteroatoms. The first-order valence-corrected chi connectivity index (χ1v) is 6.08. The molecule has 20 heavy (non-hydrogen) atoms. The van der Waals surface area contributed by atoms with Crippen molar-refractivity contribution in [3.05, 3.63) is 29.8 Å². The monoisotopic (exact) mass is 275 g/mol. The number of aromatic hydroxyl groups is 1. The molecule has 2 aromatic rings. The summed E-state index contributed by atoms with van der Waals surface area (Å²) in [6.45, 7) is 0. The van der Waals surface area contributed by atoms with Gasteiger partial charge in [0.05, 0.1) is 14.2 Å². The van der Waals surface area contributed by atoms with Gasteiger partial charge in [-0.25, -0.2) is 0 Å². The van der Waals surface area contributed by atoms with E-state index in [1.807, 2.05) is 0 Å². The maximum atomic E-state index is 12.0. The van der Waals surface area contributed by atoms with Crippen LogP contribution in [0.2, 0.25) is 0 Å². The van der Waals surface area contributed by atoms with E-state index in [-0.39, 0.29) is 11.7 Å². The highest BCUT2D eigenvalue weighted by molar-refractivity contribution is 6.01. The van der Waals surface area contributed by atoms with Crippen molar-refractivity contribution in [3.8, 4) is 17.2 Å². The highest BCUT2D eigenvalue weighted by Crippen LogP contribution is 2.36. The third-order valence-corrected chi connectivity index (χ3v) is 3.09. The summed E-state index contributed by atoms with van der Waals surface area (Å²) in [5.74, 6) is 0.946. The number of hydrogen-bond acceptors (Lipinski definition) is 4. The Morgan fingerprint density at radius 2 is 1.65 bits per heavy atom. The van der Waals surface area contributed by atoms with Crippen LogP contribution >= 0.6 is 0 Å². The van der Waals surface area contributed by atoms with Gasteiger partial charge in [0.15, 0.2) is 11.5 Å². The van der Waals surface area contributed by atoms with E-state index >= 15 is 0 Å². The van der Waals surface area contributed by atoms with Crippen LogP contribution in [0.1, 0.15) is 10.4 Å². The first-order valence-electron chi connectivity index (χ1n) is 6.08. The predicted molar refractivity (Wildman–Crippen MR) is 76.7 cm³/mol. The van der Waals surface area contributed by atoms with E-state index in [4.69, 9.17) is 9.47 Å². The highest BCUT2D eigenvalue weighted by Gasteiger charge is 2.14. The number of ether oxygens (including phenoxy) is 2. The van der Waals surface area contributed by atoms with E-state index in [9.17, 15) is 9.90 Å². The largest absolute Gasteiger partial charge is 0.507 e. The summed E-state index contributed by atoms with van der Waals surface area (Å²) in [6.07, 6.45) is 0. The number of carbonyl (C=O) groups excluding carboxylic acids is 1. The minimum Gasteiger partial charge on any atom is -0.507 e. The van der Waals surface area contributed by atoms with Crippen LogP contribution in [0, 0.1) is 0 Å². The Morgan fingerprint density at radius 3 is 2.20 bits per heavy atom. The molecule has 1 N–H and O–H groups in total. The number of nitrogens with zero attached hydrogens (tertiary/aromatic N) is 1. The molecule has 106 valence electrons. The zero-order valence-corrected chi connectivity index (χ0v) is 11.9. The van der Waals surface area contributed by atoms with Gasteiger partial charge in [-0.15, -0.1) is 0 Å². The molecular weight excluding hydrogens is 258 g/mol. The molecule has 0 saturated carbocycles. The van der Waals surface area contributed by atoms with Gasteiger partial charge in [-0.3, -0.25) is 4.79 Å². The fourth-order valence-corrected chi connectivity index (χ4v) is 2.05. The molecule has 0 saturated heterocycles. The molecule has 1 amide bonds. The molecule has 0 aliphatic carbocycles. The van der Waals surface area contributed by atoms with Gasteiger partial charge in [0.1, 0.15) is 5.75 Å². The second-order valence-corrected chi connectivity index (χ2v) is 4.62. The molecule has 0 radical (unpaired) electrons. The third kappa shape index (κ3) is 2.34. The Labute approximate surface area is 117 Å². The minimum absolute atomic E-state index is 0.0358. The smallest absolute Gasteiger partial charge is 0.253 e. The number of fused-ring (bicyclic) bond motifs is 1. The maximum Gasteiger partial charge on any atom is 0.253 e. The molecule has 0 aromatic heterocycles. The van der Waals surface area contributed by atoms with Crippen molar-refractivity contribution in [2.75, 3.05) is 28.3 Å². The molecule has 0 spiro atoms. The summed E-state index contributed by atoms with van der Waals surface area (Å²) in [6, 6.07) is 6.60. The Balaban J connectivity index is 2.68. The van der Waals surface area contributed by atoms with E-state index in [1.165, 1.54) is 18.1 Å². The van der Waals surface area contributed by atoms with Crippen LogP contribution in [0.25, 0.3) is 10.8 Å². The molecule has 0 heterocycles. The van der Waals surface area contributed by atoms with Crippen LogP contribution in [-0.4, -0.2) is 44.2 Å². The average molecular weight is 275 g/mol. The summed E-state index contributed by atoms with van der Waals surface area (Å²) in [5.41, 5.74) is 0.423. The molecule has 0 aliphatic rings. The number of amides is 1. The lowest BCUT2D eigenvalue weighted by molar-refractivity contribution is 0.0827. The van der Waals surface area contributed by atoms with Crippen LogP contribution in [0.4, 0.5) is 0 Å². The molecule has 5 nitrogen and oxygen atoms in total. The van der Waals surface area contributed by atoms with Crippen molar-refractivity contribution in [1.29, 1.82) is 0 Å². The quantitative estimate of drug-likeness (QED) is 0.933. The maximum absolute atomic E-state index is 12.0. The van der Waals surface area contributed by atoms with Crippen molar-refractivity contribution in [2.45, 2.75) is 0 Å². The number of phenolic OH excluding ortho intramolecular Hbond substituents is 1. The fourth-order valence-electron chi connectivity index (χ4n) is 2.05. The van der Waals surface area contributed by atoms with Gasteiger partial charge in [-0.1, -0.05) is 0 Å². The lowest BCUT2D eigenvalue weighted by atomic mass is 10.0. The van der Waals surface area contributed by atoms with Gasteiger partial charge in [0.25, 0.3) is 5.91 Å². The number of phenols is 1. The Kier molecular flexibility index (Phi) is 3.70. The number of benzene rings is 2. The molecule has 0 bridgehead atoms. The third-order valence-electron chi connectivity index (χ3n) is 3.09. The summed E-state index contributed by atoms with van der Waals surface area (Å²) in [7, 11) is 6.40. The van der Waals surface area contributed by atoms with E-state index in [0.717, 1.165) is 0 Å². The van der Waals surface area contributed by atoms with Gasteiger partial charge in [0.2, 0.25) is 0 Å². The van der Waals surface area contributed by atoms with Crippen LogP contribution in [-0.2, 0) is 0 Å². The van der Waals surface area contributed by atoms with Gasteiger partial charge < -0.3 is 19.5 Å². The lowest BCUT2D eigenvalue weighted by Gasteiger charge is -2.13. The minimum atomic E-state index is -0.169. The SMILES string of the molecule is COc1cc2cc(C(=O)N(C)C)cc(O)c2cc1OC. The van der Waals surface area contributed by atoms with Crippen LogP contribution in [0.5, 0.6) is 17.2 Å². The summed E-state index contributed by atoms with van der Waals surface area (Å²) in [5, 5.41) is 11.4. The molecule has 0 fully saturated rings. The summed E-state index contributed by atoms with van der Waals surface area (Å²) in [4.78, 5) is 13.4. The second-order valence-electron chi connectivity index (χ2n) is 4.62. The lowest BCUT2D eigenvalue weighted by Crippen LogP contribution is -2.21. The Bertz CT molecular complexity index is 664. The van der Waals surface area contributed by atoms with Crippen LogP contribution < -0.4 is 9.47 Å². The van der Waals surface area contributed by atoms with Gasteiger partial charge in [-0.05, 0) is 29.7 Å². The Morgan fingerprint density at radius 1 is 1.05 bits per heavy atom. The number of rotatable bonds is 3. The first-order chi connectivity index (χ1) is 9.47. The summed E-state index contributed by atoms with van der Waals surface area (Å²) >= 11 is 0. The standard InChI is InChI=1S/C15H17NO4/c1-16(2)15(18)10-5-9-7-13(19-3)14(20-4)8-11(9)12(17)6-10/h5-8,17H,1-4H3. The van der Waals surface area contributed by atoms with Crippen molar-refractivity contribution < 1.29 is 19.4 Å². The van der Waals surface area contributed by atoms with Crippen LogP contribution in [0.3, 0.4) is 0 Å². The van der Waals surface area contributed by atoms with E-state index in [2.05, 4.69) is 0 Å². The molecule has 0 atom stereocenters. The molecule has 2 rings (SSSR count). The van der Waals surface area contributed by atoms with Gasteiger partial charge in [0, 0.05) is 25.0 Å². The number of methoxy groups -OCH3 is 2. The van der Waals surface area contributed by atoms with Crippen LogP contribution in [0.15, 0.2) is 24.3 Å². The van der Waals surface area contributed by atoms with Crippen molar-refractivity contribution in [3.63, 3.8) is 0 Å². The highest BCUT2D eigenvalue weighted by atomic mass is 16.5. The van der Waals surface area contributed by atoms with E-state index < -0.39 is 0 Å². The topological polar surface area (TPSA) is 59.0 Å². The Hall–Kier alpha value is -2.43. The van der Waals surface area contributed by atoms with Crippen molar-refractivity contribution in [1.82, 2.24) is 4.90 Å². The van der Waals surface area contributed by atoms with Gasteiger partial charge in [-0.2, -0.15) is 0 Å². The molecule has 0 aliphatic heterocycles. The predicted octanol–water partition coefficient (Wildman–Crippen LogP) is 2.26. The summed E-state index contributed by atoms with van der Waals surface area (Å²) < 4.78 is 10.4. The zero-order chi connectivity index (χ0) is 14.9. The average Bonchev–Trinajstić information content (AvgIpc) is 2.44. The normalized spacial score (nSPS) is 10.4. The zero-order valence-electron chi connectivity index (χ0n) is 11.9. The van der Waals surface area contributed by atoms with Crippen molar-refractivity contribution in [2.24, 2.45) is 0 Å². The first kappa shape index (κ1) is 14.0. The second kappa shape index (κ2) is 5.28. The molecule has 2 aromatic carbocycles. The van der Waals surface area contributed by atoms with E-state index in [0.29, 0.717) is 27.8 Å². The number of hydrogen-bond donors (Lipinski definition) is 1. The van der Waals surface area contributed by atoms with Gasteiger partial charge >= 0.3 is 0 Å². The fraction of sp³-hybridized carbons (Fsp3) is 0.267. The van der Waals surface area contributed by atoms with Crippen molar-refractivity contribution >= 4 is 16.7 Å².